The summed E-state index contributed by atoms with van der Waals surface area (Å²) < 4.78 is 0. The third-order valence-corrected chi connectivity index (χ3v) is 6.49. The molecule has 0 amide bonds. The number of hydrogen-bond acceptors (Lipinski definition) is 3. The maximum atomic E-state index is 12.0. The molecule has 3 nitrogen and oxygen atoms in total. The standard InChI is InChI=1S/C29H32O3/c1-21-12-13-24(16-17-29(19-30,20-31)23(3)32)18-27(21)15-14-25-10-7-11-28(22(25)2)26-8-5-4-6-9-26/h4-15,18,30-31H,16-17,19-20H2,1-3H3/b15-14+. The Morgan fingerprint density at radius 2 is 1.56 bits per heavy atom. The van der Waals surface area contributed by atoms with Gasteiger partial charge in [-0.25, -0.2) is 0 Å². The number of hydrogen-bond donors (Lipinski definition) is 2. The topological polar surface area (TPSA) is 57.5 Å². The first-order chi connectivity index (χ1) is 15.4. The van der Waals surface area contributed by atoms with E-state index in [0.717, 1.165) is 11.1 Å². The summed E-state index contributed by atoms with van der Waals surface area (Å²) in [5.74, 6) is -0.177. The summed E-state index contributed by atoms with van der Waals surface area (Å²) in [4.78, 5) is 12.0. The van der Waals surface area contributed by atoms with Crippen molar-refractivity contribution in [3.8, 4) is 11.1 Å². The van der Waals surface area contributed by atoms with Crippen molar-refractivity contribution in [1.82, 2.24) is 0 Å². The summed E-state index contributed by atoms with van der Waals surface area (Å²) in [6.07, 6.45) is 5.31. The third kappa shape index (κ3) is 5.24. The van der Waals surface area contributed by atoms with Crippen molar-refractivity contribution in [3.05, 3.63) is 94.5 Å². The van der Waals surface area contributed by atoms with Crippen LogP contribution in [0.15, 0.2) is 66.7 Å². The normalized spacial score (nSPS) is 11.8. The summed E-state index contributed by atoms with van der Waals surface area (Å²) in [7, 11) is 0. The van der Waals surface area contributed by atoms with Gasteiger partial charge in [-0.2, -0.15) is 0 Å². The first-order valence-corrected chi connectivity index (χ1v) is 11.1. The molecule has 166 valence electrons. The second-order valence-electron chi connectivity index (χ2n) is 8.56. The minimum atomic E-state index is -1.07. The average Bonchev–Trinajstić information content (AvgIpc) is 2.81. The molecule has 0 saturated carbocycles. The Hall–Kier alpha value is -3.01. The Morgan fingerprint density at radius 1 is 0.875 bits per heavy atom. The van der Waals surface area contributed by atoms with Gasteiger partial charge in [-0.1, -0.05) is 78.9 Å². The van der Waals surface area contributed by atoms with E-state index in [0.29, 0.717) is 12.8 Å². The quantitative estimate of drug-likeness (QED) is 0.434. The van der Waals surface area contributed by atoms with E-state index in [9.17, 15) is 15.0 Å². The molecule has 3 aromatic carbocycles. The molecule has 3 heteroatoms. The summed E-state index contributed by atoms with van der Waals surface area (Å²) >= 11 is 0. The fraction of sp³-hybridized carbons (Fsp3) is 0.276. The van der Waals surface area contributed by atoms with Gasteiger partial charge in [0.25, 0.3) is 0 Å². The molecule has 0 fully saturated rings. The molecule has 0 saturated heterocycles. The van der Waals surface area contributed by atoms with E-state index in [2.05, 4.69) is 80.6 Å². The number of aliphatic hydroxyl groups is 2. The van der Waals surface area contributed by atoms with E-state index >= 15 is 0 Å². The van der Waals surface area contributed by atoms with Crippen LogP contribution in [0.4, 0.5) is 0 Å². The molecule has 0 bridgehead atoms. The second kappa shape index (κ2) is 10.5. The SMILES string of the molecule is CC(=O)C(CO)(CO)CCc1ccc(C)c(/C=C/c2cccc(-c3ccccc3)c2C)c1. The van der Waals surface area contributed by atoms with Gasteiger partial charge in [0.15, 0.2) is 0 Å². The van der Waals surface area contributed by atoms with Crippen LogP contribution < -0.4 is 0 Å². The van der Waals surface area contributed by atoms with Gasteiger partial charge in [-0.15, -0.1) is 0 Å². The summed E-state index contributed by atoms with van der Waals surface area (Å²) in [5.41, 5.74) is 7.14. The van der Waals surface area contributed by atoms with Crippen LogP contribution >= 0.6 is 0 Å². The fourth-order valence-corrected chi connectivity index (χ4v) is 3.96. The number of ketones is 1. The average molecular weight is 429 g/mol. The molecule has 0 atom stereocenters. The van der Waals surface area contributed by atoms with Crippen molar-refractivity contribution in [2.45, 2.75) is 33.6 Å². The summed E-state index contributed by atoms with van der Waals surface area (Å²) in [5, 5.41) is 19.3. The predicted octanol–water partition coefficient (Wildman–Crippen LogP) is 5.63. The van der Waals surface area contributed by atoms with E-state index in [4.69, 9.17) is 0 Å². The highest BCUT2D eigenvalue weighted by molar-refractivity contribution is 5.82. The molecule has 3 rings (SSSR count). The Kier molecular flexibility index (Phi) is 7.79. The van der Waals surface area contributed by atoms with Crippen LogP contribution in [0.2, 0.25) is 0 Å². The maximum absolute atomic E-state index is 12.0. The van der Waals surface area contributed by atoms with Crippen LogP contribution in [0.5, 0.6) is 0 Å². The van der Waals surface area contributed by atoms with Crippen LogP contribution in [0, 0.1) is 19.3 Å². The summed E-state index contributed by atoms with van der Waals surface area (Å²) in [6.45, 7) is 4.99. The minimum Gasteiger partial charge on any atom is -0.395 e. The number of benzene rings is 3. The van der Waals surface area contributed by atoms with Crippen LogP contribution in [-0.4, -0.2) is 29.2 Å². The second-order valence-corrected chi connectivity index (χ2v) is 8.56. The van der Waals surface area contributed by atoms with Crippen LogP contribution in [-0.2, 0) is 11.2 Å². The molecule has 0 aromatic heterocycles. The van der Waals surface area contributed by atoms with Crippen LogP contribution in [0.3, 0.4) is 0 Å². The Morgan fingerprint density at radius 3 is 2.22 bits per heavy atom. The van der Waals surface area contributed by atoms with Crippen LogP contribution in [0.1, 0.15) is 41.2 Å². The highest BCUT2D eigenvalue weighted by Crippen LogP contribution is 2.28. The Balaban J connectivity index is 1.84. The maximum Gasteiger partial charge on any atom is 0.140 e. The lowest BCUT2D eigenvalue weighted by Gasteiger charge is -2.26. The van der Waals surface area contributed by atoms with Gasteiger partial charge in [0.2, 0.25) is 0 Å². The van der Waals surface area contributed by atoms with Crippen molar-refractivity contribution in [1.29, 1.82) is 0 Å². The predicted molar refractivity (Wildman–Crippen MR) is 132 cm³/mol. The third-order valence-electron chi connectivity index (χ3n) is 6.49. The Bertz CT molecular complexity index is 1090. The smallest absolute Gasteiger partial charge is 0.140 e. The van der Waals surface area contributed by atoms with Crippen molar-refractivity contribution < 1.29 is 15.0 Å². The van der Waals surface area contributed by atoms with Crippen molar-refractivity contribution in [2.75, 3.05) is 13.2 Å². The largest absolute Gasteiger partial charge is 0.395 e. The first kappa shape index (κ1) is 23.6. The van der Waals surface area contributed by atoms with Crippen LogP contribution in [0.25, 0.3) is 23.3 Å². The molecular weight excluding hydrogens is 396 g/mol. The number of aryl methyl sites for hydroxylation is 2. The first-order valence-electron chi connectivity index (χ1n) is 11.1. The molecule has 0 aliphatic carbocycles. The van der Waals surface area contributed by atoms with Gasteiger partial charge in [-0.3, -0.25) is 4.79 Å². The molecule has 0 unspecified atom stereocenters. The van der Waals surface area contributed by atoms with Gasteiger partial charge >= 0.3 is 0 Å². The van der Waals surface area contributed by atoms with Gasteiger partial charge in [0, 0.05) is 0 Å². The number of carbonyl (C=O) groups is 1. The number of carbonyl (C=O) groups excluding carboxylic acids is 1. The Labute approximate surface area is 191 Å². The van der Waals surface area contributed by atoms with E-state index in [1.807, 2.05) is 12.1 Å². The molecule has 0 radical (unpaired) electrons. The molecule has 2 N–H and O–H groups in total. The molecular formula is C29H32O3. The van der Waals surface area contributed by atoms with Gasteiger partial charge < -0.3 is 10.2 Å². The molecule has 0 heterocycles. The highest BCUT2D eigenvalue weighted by Gasteiger charge is 2.33. The molecule has 0 aliphatic heterocycles. The van der Waals surface area contributed by atoms with Gasteiger partial charge in [-0.05, 0) is 72.6 Å². The molecule has 0 aliphatic rings. The minimum absolute atomic E-state index is 0.177. The van der Waals surface area contributed by atoms with E-state index in [1.54, 1.807) is 0 Å². The van der Waals surface area contributed by atoms with Gasteiger partial charge in [0.05, 0.1) is 18.6 Å². The van der Waals surface area contributed by atoms with E-state index in [-0.39, 0.29) is 19.0 Å². The zero-order chi connectivity index (χ0) is 23.1. The van der Waals surface area contributed by atoms with Crippen molar-refractivity contribution in [2.24, 2.45) is 5.41 Å². The summed E-state index contributed by atoms with van der Waals surface area (Å²) in [6, 6.07) is 23.0. The molecule has 3 aromatic rings. The zero-order valence-electron chi connectivity index (χ0n) is 19.1. The number of aliphatic hydroxyl groups excluding tert-OH is 2. The van der Waals surface area contributed by atoms with Crippen molar-refractivity contribution >= 4 is 17.9 Å². The monoisotopic (exact) mass is 428 g/mol. The van der Waals surface area contributed by atoms with Crippen molar-refractivity contribution in [3.63, 3.8) is 0 Å². The molecule has 32 heavy (non-hydrogen) atoms. The van der Waals surface area contributed by atoms with E-state index < -0.39 is 5.41 Å². The zero-order valence-corrected chi connectivity index (χ0v) is 19.1. The fourth-order valence-electron chi connectivity index (χ4n) is 3.96. The lowest BCUT2D eigenvalue weighted by Crippen LogP contribution is -2.37. The number of rotatable bonds is 9. The number of Topliss-reactive ketones (excluding diaryl/α,β-unsaturated/α-hetero) is 1. The molecule has 0 spiro atoms. The highest BCUT2D eigenvalue weighted by atomic mass is 16.3. The lowest BCUT2D eigenvalue weighted by molar-refractivity contribution is -0.132. The van der Waals surface area contributed by atoms with Gasteiger partial charge in [0.1, 0.15) is 5.78 Å². The lowest BCUT2D eigenvalue weighted by atomic mass is 9.80. The van der Waals surface area contributed by atoms with E-state index in [1.165, 1.54) is 34.7 Å².